The lowest BCUT2D eigenvalue weighted by molar-refractivity contribution is -0.140. The predicted molar refractivity (Wildman–Crippen MR) is 83.6 cm³/mol. The highest BCUT2D eigenvalue weighted by atomic mass is 32.1. The Morgan fingerprint density at radius 2 is 2.19 bits per heavy atom. The van der Waals surface area contributed by atoms with Gasteiger partial charge in [-0.25, -0.2) is 4.98 Å². The highest BCUT2D eigenvalue weighted by Crippen LogP contribution is 2.26. The van der Waals surface area contributed by atoms with Crippen molar-refractivity contribution in [1.82, 2.24) is 9.88 Å². The number of aromatic nitrogens is 1. The smallest absolute Gasteiger partial charge is 0.307 e. The normalized spacial score (nSPS) is 10.4. The van der Waals surface area contributed by atoms with E-state index in [0.29, 0.717) is 18.8 Å². The first kappa shape index (κ1) is 15.7. The van der Waals surface area contributed by atoms with Crippen molar-refractivity contribution in [3.63, 3.8) is 0 Å². The lowest BCUT2D eigenvalue weighted by atomic mass is 10.3. The van der Waals surface area contributed by atoms with Crippen molar-refractivity contribution in [1.29, 1.82) is 0 Å². The topological polar surface area (TPSA) is 59.5 Å². The van der Waals surface area contributed by atoms with E-state index in [4.69, 9.17) is 0 Å². The zero-order valence-electron chi connectivity index (χ0n) is 11.9. The number of nitrogens with zero attached hydrogens (tertiary/aromatic N) is 2. The maximum absolute atomic E-state index is 12.4. The Balaban J connectivity index is 2.05. The molecule has 2 aromatic rings. The molecular formula is C14H16N2O3S2. The lowest BCUT2D eigenvalue weighted by Crippen LogP contribution is -2.33. The van der Waals surface area contributed by atoms with E-state index < -0.39 is 0 Å². The summed E-state index contributed by atoms with van der Waals surface area (Å²) in [4.78, 5) is 29.5. The van der Waals surface area contributed by atoms with Crippen molar-refractivity contribution in [2.24, 2.45) is 0 Å². The third-order valence-electron chi connectivity index (χ3n) is 2.97. The van der Waals surface area contributed by atoms with Crippen molar-refractivity contribution in [3.8, 4) is 10.6 Å². The second-order valence-corrected chi connectivity index (χ2v) is 5.90. The summed E-state index contributed by atoms with van der Waals surface area (Å²) < 4.78 is 4.59. The van der Waals surface area contributed by atoms with Crippen molar-refractivity contribution in [2.75, 3.05) is 20.2 Å². The minimum absolute atomic E-state index is 0.154. The Hall–Kier alpha value is -1.73. The zero-order valence-corrected chi connectivity index (χ0v) is 13.5. The van der Waals surface area contributed by atoms with Crippen LogP contribution in [-0.4, -0.2) is 42.0 Å². The third kappa shape index (κ3) is 3.89. The molecule has 0 unspecified atom stereocenters. The van der Waals surface area contributed by atoms with Crippen molar-refractivity contribution >= 4 is 34.6 Å². The highest BCUT2D eigenvalue weighted by Gasteiger charge is 2.19. The molecule has 2 aromatic heterocycles. The van der Waals surface area contributed by atoms with E-state index in [1.54, 1.807) is 21.6 Å². The molecule has 0 spiro atoms. The third-order valence-corrected chi connectivity index (χ3v) is 4.55. The SMILES string of the molecule is CCN(CCC(=O)OC)C(=O)c1csc(-c2ccsc2)n1. The van der Waals surface area contributed by atoms with Crippen LogP contribution in [0.1, 0.15) is 23.8 Å². The first-order valence-electron chi connectivity index (χ1n) is 6.50. The monoisotopic (exact) mass is 324 g/mol. The molecule has 0 aliphatic heterocycles. The minimum Gasteiger partial charge on any atom is -0.469 e. The summed E-state index contributed by atoms with van der Waals surface area (Å²) in [5.74, 6) is -0.474. The highest BCUT2D eigenvalue weighted by molar-refractivity contribution is 7.14. The Kier molecular flexibility index (Phi) is 5.46. The van der Waals surface area contributed by atoms with Gasteiger partial charge in [0.2, 0.25) is 0 Å². The molecule has 21 heavy (non-hydrogen) atoms. The molecule has 5 nitrogen and oxygen atoms in total. The molecule has 0 atom stereocenters. The van der Waals surface area contributed by atoms with E-state index >= 15 is 0 Å². The van der Waals surface area contributed by atoms with Crippen molar-refractivity contribution in [3.05, 3.63) is 27.9 Å². The minimum atomic E-state index is -0.321. The number of thiophene rings is 1. The van der Waals surface area contributed by atoms with Gasteiger partial charge < -0.3 is 9.64 Å². The van der Waals surface area contributed by atoms with E-state index in [-0.39, 0.29) is 18.3 Å². The van der Waals surface area contributed by atoms with Gasteiger partial charge in [0, 0.05) is 29.4 Å². The van der Waals surface area contributed by atoms with Crippen LogP contribution in [0.5, 0.6) is 0 Å². The molecule has 7 heteroatoms. The van der Waals surface area contributed by atoms with Gasteiger partial charge in [0.05, 0.1) is 13.5 Å². The van der Waals surface area contributed by atoms with Crippen LogP contribution in [0.3, 0.4) is 0 Å². The number of esters is 1. The molecule has 0 saturated carbocycles. The predicted octanol–water partition coefficient (Wildman–Crippen LogP) is 2.90. The summed E-state index contributed by atoms with van der Waals surface area (Å²) in [7, 11) is 1.34. The van der Waals surface area contributed by atoms with Gasteiger partial charge in [0.1, 0.15) is 10.7 Å². The molecule has 0 saturated heterocycles. The number of methoxy groups -OCH3 is 1. The number of ether oxygens (including phenoxy) is 1. The average Bonchev–Trinajstić information content (AvgIpc) is 3.17. The van der Waals surface area contributed by atoms with E-state index in [1.807, 2.05) is 23.8 Å². The fourth-order valence-corrected chi connectivity index (χ4v) is 3.29. The van der Waals surface area contributed by atoms with Gasteiger partial charge in [0.15, 0.2) is 0 Å². The first-order valence-corrected chi connectivity index (χ1v) is 8.32. The lowest BCUT2D eigenvalue weighted by Gasteiger charge is -2.18. The zero-order chi connectivity index (χ0) is 15.2. The van der Waals surface area contributed by atoms with Crippen LogP contribution in [0, 0.1) is 0 Å². The van der Waals surface area contributed by atoms with Gasteiger partial charge in [-0.15, -0.1) is 11.3 Å². The summed E-state index contributed by atoms with van der Waals surface area (Å²) in [5, 5.41) is 6.58. The van der Waals surface area contributed by atoms with Gasteiger partial charge in [-0.3, -0.25) is 9.59 Å². The molecule has 0 bridgehead atoms. The van der Waals surface area contributed by atoms with Gasteiger partial charge in [-0.05, 0) is 18.4 Å². The Labute approximate surface area is 131 Å². The molecule has 0 N–H and O–H groups in total. The summed E-state index contributed by atoms with van der Waals surface area (Å²) in [6.07, 6.45) is 0.192. The number of carbonyl (C=O) groups excluding carboxylic acids is 2. The number of carbonyl (C=O) groups is 2. The van der Waals surface area contributed by atoms with Gasteiger partial charge >= 0.3 is 5.97 Å². The molecule has 0 radical (unpaired) electrons. The molecule has 2 heterocycles. The van der Waals surface area contributed by atoms with Crippen LogP contribution in [0.4, 0.5) is 0 Å². The molecule has 0 fully saturated rings. The number of amides is 1. The number of thiazole rings is 1. The van der Waals surface area contributed by atoms with Crippen LogP contribution in [0.2, 0.25) is 0 Å². The van der Waals surface area contributed by atoms with Crippen LogP contribution >= 0.6 is 22.7 Å². The Morgan fingerprint density at radius 3 is 2.81 bits per heavy atom. The fraction of sp³-hybridized carbons (Fsp3) is 0.357. The summed E-state index contributed by atoms with van der Waals surface area (Å²) in [6.45, 7) is 2.75. The van der Waals surface area contributed by atoms with Crippen LogP contribution in [0.25, 0.3) is 10.6 Å². The summed E-state index contributed by atoms with van der Waals surface area (Å²) >= 11 is 3.05. The molecule has 112 valence electrons. The molecule has 0 aliphatic carbocycles. The number of hydrogen-bond donors (Lipinski definition) is 0. The van der Waals surface area contributed by atoms with Gasteiger partial charge in [-0.2, -0.15) is 11.3 Å². The van der Waals surface area contributed by atoms with E-state index in [9.17, 15) is 9.59 Å². The van der Waals surface area contributed by atoms with Crippen LogP contribution in [-0.2, 0) is 9.53 Å². The Morgan fingerprint density at radius 1 is 1.38 bits per heavy atom. The van der Waals surface area contributed by atoms with Gasteiger partial charge in [0.25, 0.3) is 5.91 Å². The van der Waals surface area contributed by atoms with Crippen LogP contribution in [0.15, 0.2) is 22.2 Å². The maximum Gasteiger partial charge on any atom is 0.307 e. The fourth-order valence-electron chi connectivity index (χ4n) is 1.78. The summed E-state index contributed by atoms with van der Waals surface area (Å²) in [5.41, 5.74) is 1.45. The van der Waals surface area contributed by atoms with Crippen molar-refractivity contribution < 1.29 is 14.3 Å². The summed E-state index contributed by atoms with van der Waals surface area (Å²) in [6, 6.07) is 1.98. The first-order chi connectivity index (χ1) is 10.2. The molecule has 1 amide bonds. The molecule has 0 aromatic carbocycles. The van der Waals surface area contributed by atoms with Crippen LogP contribution < -0.4 is 0 Å². The quantitative estimate of drug-likeness (QED) is 0.767. The standard InChI is InChI=1S/C14H16N2O3S2/c1-3-16(6-4-12(17)19-2)14(18)11-9-21-13(15-11)10-5-7-20-8-10/h5,7-9H,3-4,6H2,1-2H3. The van der Waals surface area contributed by atoms with E-state index in [2.05, 4.69) is 9.72 Å². The largest absolute Gasteiger partial charge is 0.469 e. The number of rotatable bonds is 6. The second-order valence-electron chi connectivity index (χ2n) is 4.26. The van der Waals surface area contributed by atoms with E-state index in [1.165, 1.54) is 18.4 Å². The van der Waals surface area contributed by atoms with E-state index in [0.717, 1.165) is 10.6 Å². The van der Waals surface area contributed by atoms with Gasteiger partial charge in [-0.1, -0.05) is 0 Å². The molecular weight excluding hydrogens is 308 g/mol. The molecule has 0 aliphatic rings. The molecule has 2 rings (SSSR count). The van der Waals surface area contributed by atoms with Crippen molar-refractivity contribution in [2.45, 2.75) is 13.3 Å². The number of hydrogen-bond acceptors (Lipinski definition) is 6. The average molecular weight is 324 g/mol. The Bertz CT molecular complexity index is 608. The second kappa shape index (κ2) is 7.33. The maximum atomic E-state index is 12.4.